The summed E-state index contributed by atoms with van der Waals surface area (Å²) >= 11 is 0. The van der Waals surface area contributed by atoms with E-state index in [1.807, 2.05) is 12.1 Å². The van der Waals surface area contributed by atoms with Gasteiger partial charge in [-0.15, -0.1) is 0 Å². The third-order valence-corrected chi connectivity index (χ3v) is 1.98. The number of ether oxygens (including phenoxy) is 2. The number of benzene rings is 1. The molecule has 4 heteroatoms. The molecule has 0 aromatic heterocycles. The Morgan fingerprint density at radius 1 is 1.53 bits per heavy atom. The molecule has 0 aliphatic carbocycles. The van der Waals surface area contributed by atoms with Crippen molar-refractivity contribution in [2.75, 3.05) is 7.11 Å². The van der Waals surface area contributed by atoms with Gasteiger partial charge >= 0.3 is 5.97 Å². The van der Waals surface area contributed by atoms with Crippen molar-refractivity contribution >= 4 is 5.97 Å². The van der Waals surface area contributed by atoms with Crippen LogP contribution in [0.3, 0.4) is 0 Å². The van der Waals surface area contributed by atoms with E-state index < -0.39 is 12.1 Å². The number of carbonyl (C=O) groups is 1. The van der Waals surface area contributed by atoms with Gasteiger partial charge in [-0.05, 0) is 24.6 Å². The van der Waals surface area contributed by atoms with Crippen molar-refractivity contribution < 1.29 is 14.3 Å². The molecule has 82 valence electrons. The van der Waals surface area contributed by atoms with Gasteiger partial charge in [-0.1, -0.05) is 12.1 Å². The summed E-state index contributed by atoms with van der Waals surface area (Å²) in [6.07, 6.45) is -0.608. The number of nitrogens with two attached hydrogens (primary N) is 1. The zero-order chi connectivity index (χ0) is 11.3. The molecule has 0 heterocycles. The van der Waals surface area contributed by atoms with Crippen LogP contribution in [-0.2, 0) is 16.1 Å². The van der Waals surface area contributed by atoms with Gasteiger partial charge in [-0.3, -0.25) is 0 Å². The SMILES string of the molecule is COC(=O)[C@@H](C)Oc1cccc(CN)c1. The molecule has 0 saturated heterocycles. The summed E-state index contributed by atoms with van der Waals surface area (Å²) in [5.74, 6) is 0.226. The third-order valence-electron chi connectivity index (χ3n) is 1.98. The molecular weight excluding hydrogens is 194 g/mol. The molecule has 1 atom stereocenters. The summed E-state index contributed by atoms with van der Waals surface area (Å²) in [6, 6.07) is 7.31. The van der Waals surface area contributed by atoms with Crippen LogP contribution >= 0.6 is 0 Å². The molecule has 0 fully saturated rings. The number of esters is 1. The van der Waals surface area contributed by atoms with Gasteiger partial charge < -0.3 is 15.2 Å². The second kappa shape index (κ2) is 5.36. The Hall–Kier alpha value is -1.55. The van der Waals surface area contributed by atoms with Gasteiger partial charge in [0.25, 0.3) is 0 Å². The monoisotopic (exact) mass is 209 g/mol. The van der Waals surface area contributed by atoms with E-state index in [-0.39, 0.29) is 0 Å². The first kappa shape index (κ1) is 11.5. The molecule has 0 saturated carbocycles. The number of hydrogen-bond acceptors (Lipinski definition) is 4. The second-order valence-electron chi connectivity index (χ2n) is 3.13. The lowest BCUT2D eigenvalue weighted by molar-refractivity contribution is -0.147. The van der Waals surface area contributed by atoms with Gasteiger partial charge in [0, 0.05) is 6.54 Å². The van der Waals surface area contributed by atoms with E-state index in [9.17, 15) is 4.79 Å². The third kappa shape index (κ3) is 3.25. The van der Waals surface area contributed by atoms with Crippen molar-refractivity contribution in [3.05, 3.63) is 29.8 Å². The Balaban J connectivity index is 2.67. The highest BCUT2D eigenvalue weighted by atomic mass is 16.6. The highest BCUT2D eigenvalue weighted by molar-refractivity contribution is 5.74. The molecule has 1 aromatic rings. The van der Waals surface area contributed by atoms with Crippen LogP contribution in [0.15, 0.2) is 24.3 Å². The van der Waals surface area contributed by atoms with Gasteiger partial charge in [0.05, 0.1) is 7.11 Å². The summed E-state index contributed by atoms with van der Waals surface area (Å²) < 4.78 is 9.93. The highest BCUT2D eigenvalue weighted by Crippen LogP contribution is 2.14. The van der Waals surface area contributed by atoms with E-state index in [0.29, 0.717) is 12.3 Å². The fourth-order valence-electron chi connectivity index (χ4n) is 1.16. The maximum Gasteiger partial charge on any atom is 0.346 e. The van der Waals surface area contributed by atoms with E-state index in [4.69, 9.17) is 10.5 Å². The van der Waals surface area contributed by atoms with Crippen LogP contribution < -0.4 is 10.5 Å². The molecule has 15 heavy (non-hydrogen) atoms. The van der Waals surface area contributed by atoms with E-state index in [2.05, 4.69) is 4.74 Å². The number of hydrogen-bond donors (Lipinski definition) is 1. The molecule has 0 aliphatic heterocycles. The Morgan fingerprint density at radius 2 is 2.27 bits per heavy atom. The van der Waals surface area contributed by atoms with Crippen molar-refractivity contribution in [3.8, 4) is 5.75 Å². The molecular formula is C11H15NO3. The van der Waals surface area contributed by atoms with Gasteiger partial charge in [-0.2, -0.15) is 0 Å². The molecule has 0 unspecified atom stereocenters. The van der Waals surface area contributed by atoms with E-state index in [1.54, 1.807) is 19.1 Å². The van der Waals surface area contributed by atoms with Crippen LogP contribution in [0.2, 0.25) is 0 Å². The maximum absolute atomic E-state index is 11.1. The normalized spacial score (nSPS) is 11.9. The molecule has 2 N–H and O–H groups in total. The maximum atomic E-state index is 11.1. The van der Waals surface area contributed by atoms with Crippen LogP contribution in [0.25, 0.3) is 0 Å². The van der Waals surface area contributed by atoms with Gasteiger partial charge in [-0.25, -0.2) is 4.79 Å². The molecule has 0 bridgehead atoms. The minimum atomic E-state index is -0.608. The summed E-state index contributed by atoms with van der Waals surface area (Å²) in [7, 11) is 1.33. The minimum Gasteiger partial charge on any atom is -0.479 e. The summed E-state index contributed by atoms with van der Waals surface area (Å²) in [4.78, 5) is 11.1. The molecule has 0 aliphatic rings. The molecule has 4 nitrogen and oxygen atoms in total. The topological polar surface area (TPSA) is 61.5 Å². The lowest BCUT2D eigenvalue weighted by atomic mass is 10.2. The molecule has 0 radical (unpaired) electrons. The van der Waals surface area contributed by atoms with Crippen molar-refractivity contribution in [1.82, 2.24) is 0 Å². The van der Waals surface area contributed by atoms with Crippen LogP contribution in [0.4, 0.5) is 0 Å². The van der Waals surface area contributed by atoms with Gasteiger partial charge in [0.1, 0.15) is 5.75 Å². The van der Waals surface area contributed by atoms with Crippen molar-refractivity contribution in [2.45, 2.75) is 19.6 Å². The van der Waals surface area contributed by atoms with Crippen molar-refractivity contribution in [2.24, 2.45) is 5.73 Å². The Morgan fingerprint density at radius 3 is 2.87 bits per heavy atom. The van der Waals surface area contributed by atoms with Crippen LogP contribution in [0, 0.1) is 0 Å². The lowest BCUT2D eigenvalue weighted by Crippen LogP contribution is -2.24. The zero-order valence-electron chi connectivity index (χ0n) is 8.90. The highest BCUT2D eigenvalue weighted by Gasteiger charge is 2.14. The van der Waals surface area contributed by atoms with Gasteiger partial charge in [0.2, 0.25) is 0 Å². The molecule has 0 amide bonds. The first-order valence-corrected chi connectivity index (χ1v) is 4.71. The predicted molar refractivity (Wildman–Crippen MR) is 56.4 cm³/mol. The Bertz CT molecular complexity index is 338. The van der Waals surface area contributed by atoms with E-state index in [0.717, 1.165) is 5.56 Å². The summed E-state index contributed by atoms with van der Waals surface area (Å²) in [6.45, 7) is 2.09. The smallest absolute Gasteiger partial charge is 0.346 e. The van der Waals surface area contributed by atoms with Crippen LogP contribution in [-0.4, -0.2) is 19.2 Å². The lowest BCUT2D eigenvalue weighted by Gasteiger charge is -2.12. The number of rotatable bonds is 4. The van der Waals surface area contributed by atoms with E-state index >= 15 is 0 Å². The van der Waals surface area contributed by atoms with Crippen LogP contribution in [0.1, 0.15) is 12.5 Å². The minimum absolute atomic E-state index is 0.395. The standard InChI is InChI=1S/C11H15NO3/c1-8(11(13)14-2)15-10-5-3-4-9(6-10)7-12/h3-6,8H,7,12H2,1-2H3/t8-/m1/s1. The first-order chi connectivity index (χ1) is 7.17. The quantitative estimate of drug-likeness (QED) is 0.754. The number of carbonyl (C=O) groups excluding carboxylic acids is 1. The van der Waals surface area contributed by atoms with Gasteiger partial charge in [0.15, 0.2) is 6.10 Å². The average molecular weight is 209 g/mol. The Labute approximate surface area is 89.0 Å². The van der Waals surface area contributed by atoms with E-state index in [1.165, 1.54) is 7.11 Å². The molecule has 1 rings (SSSR count). The second-order valence-corrected chi connectivity index (χ2v) is 3.13. The molecule has 1 aromatic carbocycles. The summed E-state index contributed by atoms with van der Waals surface area (Å²) in [5.41, 5.74) is 6.45. The van der Waals surface area contributed by atoms with Crippen molar-refractivity contribution in [3.63, 3.8) is 0 Å². The fourth-order valence-corrected chi connectivity index (χ4v) is 1.16. The first-order valence-electron chi connectivity index (χ1n) is 4.71. The zero-order valence-corrected chi connectivity index (χ0v) is 8.90. The molecule has 0 spiro atoms. The largest absolute Gasteiger partial charge is 0.479 e. The summed E-state index contributed by atoms with van der Waals surface area (Å²) in [5, 5.41) is 0. The van der Waals surface area contributed by atoms with Crippen LogP contribution in [0.5, 0.6) is 5.75 Å². The number of methoxy groups -OCH3 is 1. The fraction of sp³-hybridized carbons (Fsp3) is 0.364. The predicted octanol–water partition coefficient (Wildman–Crippen LogP) is 1.09. The average Bonchev–Trinajstić information content (AvgIpc) is 2.28. The van der Waals surface area contributed by atoms with Crippen molar-refractivity contribution in [1.29, 1.82) is 0 Å². The Kier molecular flexibility index (Phi) is 4.12.